The molecule has 2 nitrogen and oxygen atoms in total. The van der Waals surface area contributed by atoms with Gasteiger partial charge in [0.15, 0.2) is 0 Å². The Bertz CT molecular complexity index is 242. The standard InChI is InChI=1S/C17H34N2/c1-17(2,3)16-8-11-19(12-9-16)13-10-18-14-15-6-4-5-7-15/h15-16,18H,4-14H2,1-3H3. The lowest BCUT2D eigenvalue weighted by atomic mass is 9.75. The van der Waals surface area contributed by atoms with Crippen LogP contribution in [0.2, 0.25) is 0 Å². The van der Waals surface area contributed by atoms with Crippen LogP contribution in [0.1, 0.15) is 59.3 Å². The van der Waals surface area contributed by atoms with E-state index in [4.69, 9.17) is 0 Å². The summed E-state index contributed by atoms with van der Waals surface area (Å²) in [5.41, 5.74) is 0.507. The lowest BCUT2D eigenvalue weighted by molar-refractivity contribution is 0.113. The molecule has 1 aliphatic carbocycles. The van der Waals surface area contributed by atoms with Crippen LogP contribution < -0.4 is 5.32 Å². The minimum absolute atomic E-state index is 0.507. The second kappa shape index (κ2) is 7.08. The van der Waals surface area contributed by atoms with E-state index in [1.807, 2.05) is 0 Å². The summed E-state index contributed by atoms with van der Waals surface area (Å²) >= 11 is 0. The number of rotatable bonds is 5. The van der Waals surface area contributed by atoms with Crippen molar-refractivity contribution >= 4 is 0 Å². The summed E-state index contributed by atoms with van der Waals surface area (Å²) < 4.78 is 0. The van der Waals surface area contributed by atoms with Crippen LogP contribution in [0.15, 0.2) is 0 Å². The Morgan fingerprint density at radius 2 is 1.63 bits per heavy atom. The summed E-state index contributed by atoms with van der Waals surface area (Å²) in [5, 5.41) is 3.67. The van der Waals surface area contributed by atoms with Gasteiger partial charge in [0.2, 0.25) is 0 Å². The van der Waals surface area contributed by atoms with Gasteiger partial charge in [-0.1, -0.05) is 33.6 Å². The average Bonchev–Trinajstić information content (AvgIpc) is 2.87. The monoisotopic (exact) mass is 266 g/mol. The van der Waals surface area contributed by atoms with Crippen LogP contribution in [0.4, 0.5) is 0 Å². The summed E-state index contributed by atoms with van der Waals surface area (Å²) in [6.07, 6.45) is 8.64. The average molecular weight is 266 g/mol. The largest absolute Gasteiger partial charge is 0.315 e. The maximum Gasteiger partial charge on any atom is 0.0107 e. The van der Waals surface area contributed by atoms with Gasteiger partial charge in [0, 0.05) is 13.1 Å². The van der Waals surface area contributed by atoms with Crippen LogP contribution in [0.25, 0.3) is 0 Å². The van der Waals surface area contributed by atoms with E-state index < -0.39 is 0 Å². The van der Waals surface area contributed by atoms with E-state index >= 15 is 0 Å². The van der Waals surface area contributed by atoms with Crippen LogP contribution in [-0.4, -0.2) is 37.6 Å². The highest BCUT2D eigenvalue weighted by Crippen LogP contribution is 2.34. The first-order valence-electron chi connectivity index (χ1n) is 8.49. The molecular weight excluding hydrogens is 232 g/mol. The summed E-state index contributed by atoms with van der Waals surface area (Å²) in [7, 11) is 0. The third kappa shape index (κ3) is 5.07. The molecule has 2 fully saturated rings. The molecule has 1 heterocycles. The quantitative estimate of drug-likeness (QED) is 0.766. The summed E-state index contributed by atoms with van der Waals surface area (Å²) in [6, 6.07) is 0. The van der Waals surface area contributed by atoms with E-state index in [-0.39, 0.29) is 0 Å². The Kier molecular flexibility index (Phi) is 5.70. The van der Waals surface area contributed by atoms with Gasteiger partial charge < -0.3 is 10.2 Å². The number of nitrogens with one attached hydrogen (secondary N) is 1. The molecule has 2 rings (SSSR count). The molecule has 0 atom stereocenters. The molecule has 0 spiro atoms. The molecule has 19 heavy (non-hydrogen) atoms. The van der Waals surface area contributed by atoms with Crippen LogP contribution >= 0.6 is 0 Å². The minimum Gasteiger partial charge on any atom is -0.315 e. The molecule has 0 unspecified atom stereocenters. The predicted octanol–water partition coefficient (Wildman–Crippen LogP) is 3.52. The van der Waals surface area contributed by atoms with Gasteiger partial charge in [-0.25, -0.2) is 0 Å². The van der Waals surface area contributed by atoms with Crippen molar-refractivity contribution in [1.29, 1.82) is 0 Å². The van der Waals surface area contributed by atoms with E-state index in [2.05, 4.69) is 31.0 Å². The fraction of sp³-hybridized carbons (Fsp3) is 1.00. The van der Waals surface area contributed by atoms with Crippen LogP contribution in [0.5, 0.6) is 0 Å². The highest BCUT2D eigenvalue weighted by molar-refractivity contribution is 4.81. The smallest absolute Gasteiger partial charge is 0.0107 e. The van der Waals surface area contributed by atoms with Crippen molar-refractivity contribution in [3.8, 4) is 0 Å². The first kappa shape index (κ1) is 15.3. The third-order valence-electron chi connectivity index (χ3n) is 5.32. The molecule has 1 N–H and O–H groups in total. The lowest BCUT2D eigenvalue weighted by Crippen LogP contribution is -2.41. The molecule has 1 saturated heterocycles. The van der Waals surface area contributed by atoms with E-state index in [0.717, 1.165) is 11.8 Å². The number of hydrogen-bond donors (Lipinski definition) is 1. The zero-order valence-corrected chi connectivity index (χ0v) is 13.4. The molecule has 0 bridgehead atoms. The van der Waals surface area contributed by atoms with Crippen molar-refractivity contribution in [3.05, 3.63) is 0 Å². The highest BCUT2D eigenvalue weighted by atomic mass is 15.1. The molecule has 1 saturated carbocycles. The van der Waals surface area contributed by atoms with Crippen LogP contribution in [0, 0.1) is 17.3 Å². The van der Waals surface area contributed by atoms with Gasteiger partial charge in [-0.15, -0.1) is 0 Å². The molecule has 0 radical (unpaired) electrons. The van der Waals surface area contributed by atoms with Gasteiger partial charge in [-0.2, -0.15) is 0 Å². The Morgan fingerprint density at radius 3 is 2.21 bits per heavy atom. The maximum atomic E-state index is 3.67. The lowest BCUT2D eigenvalue weighted by Gasteiger charge is -2.38. The van der Waals surface area contributed by atoms with Crippen molar-refractivity contribution in [1.82, 2.24) is 10.2 Å². The molecule has 112 valence electrons. The van der Waals surface area contributed by atoms with E-state index in [1.165, 1.54) is 71.2 Å². The minimum atomic E-state index is 0.507. The molecule has 2 aliphatic rings. The fourth-order valence-corrected chi connectivity index (χ4v) is 3.78. The van der Waals surface area contributed by atoms with Gasteiger partial charge in [0.1, 0.15) is 0 Å². The molecule has 0 aromatic rings. The van der Waals surface area contributed by atoms with Gasteiger partial charge in [0.25, 0.3) is 0 Å². The topological polar surface area (TPSA) is 15.3 Å². The molecule has 1 aliphatic heterocycles. The van der Waals surface area contributed by atoms with E-state index in [9.17, 15) is 0 Å². The summed E-state index contributed by atoms with van der Waals surface area (Å²) in [6.45, 7) is 13.5. The third-order valence-corrected chi connectivity index (χ3v) is 5.32. The van der Waals surface area contributed by atoms with Crippen LogP contribution in [-0.2, 0) is 0 Å². The van der Waals surface area contributed by atoms with Crippen LogP contribution in [0.3, 0.4) is 0 Å². The Hall–Kier alpha value is -0.0800. The fourth-order valence-electron chi connectivity index (χ4n) is 3.78. The Balaban J connectivity index is 1.53. The number of hydrogen-bond acceptors (Lipinski definition) is 2. The SMILES string of the molecule is CC(C)(C)C1CCN(CCNCC2CCCC2)CC1. The van der Waals surface area contributed by atoms with Gasteiger partial charge >= 0.3 is 0 Å². The summed E-state index contributed by atoms with van der Waals surface area (Å²) in [5.74, 6) is 1.90. The van der Waals surface area contributed by atoms with E-state index in [1.54, 1.807) is 0 Å². The van der Waals surface area contributed by atoms with Crippen molar-refractivity contribution in [2.45, 2.75) is 59.3 Å². The highest BCUT2D eigenvalue weighted by Gasteiger charge is 2.28. The van der Waals surface area contributed by atoms with Gasteiger partial charge in [-0.05, 0) is 62.6 Å². The first-order chi connectivity index (χ1) is 9.05. The second-order valence-corrected chi connectivity index (χ2v) is 7.84. The molecular formula is C17H34N2. The molecule has 0 aromatic carbocycles. The van der Waals surface area contributed by atoms with Gasteiger partial charge in [-0.3, -0.25) is 0 Å². The first-order valence-corrected chi connectivity index (χ1v) is 8.49. The van der Waals surface area contributed by atoms with Crippen molar-refractivity contribution in [2.75, 3.05) is 32.7 Å². The number of nitrogens with zero attached hydrogens (tertiary/aromatic N) is 1. The zero-order chi connectivity index (χ0) is 13.7. The van der Waals surface area contributed by atoms with Crippen molar-refractivity contribution in [3.63, 3.8) is 0 Å². The summed E-state index contributed by atoms with van der Waals surface area (Å²) in [4.78, 5) is 2.66. The molecule has 0 amide bonds. The Labute approximate surface area is 120 Å². The normalized spacial score (nSPS) is 24.2. The van der Waals surface area contributed by atoms with Gasteiger partial charge in [0.05, 0.1) is 0 Å². The molecule has 2 heteroatoms. The van der Waals surface area contributed by atoms with E-state index in [0.29, 0.717) is 5.41 Å². The zero-order valence-electron chi connectivity index (χ0n) is 13.4. The van der Waals surface area contributed by atoms with Crippen molar-refractivity contribution < 1.29 is 0 Å². The second-order valence-electron chi connectivity index (χ2n) is 7.84. The predicted molar refractivity (Wildman–Crippen MR) is 83.4 cm³/mol. The Morgan fingerprint density at radius 1 is 1.00 bits per heavy atom. The number of piperidine rings is 1. The maximum absolute atomic E-state index is 3.67. The number of likely N-dealkylation sites (tertiary alicyclic amines) is 1. The molecule has 0 aromatic heterocycles. The van der Waals surface area contributed by atoms with Crippen molar-refractivity contribution in [2.24, 2.45) is 17.3 Å².